The van der Waals surface area contributed by atoms with Crippen molar-refractivity contribution in [3.8, 4) is 16.3 Å². The SMILES string of the molecule is CCOC(=O)c1sc(-c2cc(F)c(OC)cc2F)nc1Cl. The molecule has 21 heavy (non-hydrogen) atoms. The zero-order valence-corrected chi connectivity index (χ0v) is 12.6. The molecule has 0 fully saturated rings. The van der Waals surface area contributed by atoms with Crippen molar-refractivity contribution in [3.05, 3.63) is 33.8 Å². The molecule has 0 saturated carbocycles. The molecule has 0 aliphatic heterocycles. The van der Waals surface area contributed by atoms with E-state index in [4.69, 9.17) is 16.3 Å². The number of rotatable bonds is 4. The standard InChI is InChI=1S/C13H10ClF2NO3S/c1-3-20-13(18)10-11(14)17-12(21-10)6-4-8(16)9(19-2)5-7(6)15/h4-5H,3H2,1-2H3. The van der Waals surface area contributed by atoms with Gasteiger partial charge in [-0.25, -0.2) is 18.6 Å². The van der Waals surface area contributed by atoms with Crippen LogP contribution in [0.5, 0.6) is 5.75 Å². The van der Waals surface area contributed by atoms with Gasteiger partial charge in [-0.2, -0.15) is 0 Å². The maximum atomic E-state index is 14.0. The molecule has 0 radical (unpaired) electrons. The van der Waals surface area contributed by atoms with E-state index in [1.165, 1.54) is 7.11 Å². The molecule has 1 aromatic carbocycles. The Hall–Kier alpha value is -1.73. The number of halogens is 3. The van der Waals surface area contributed by atoms with Crippen molar-refractivity contribution >= 4 is 28.9 Å². The molecule has 0 atom stereocenters. The van der Waals surface area contributed by atoms with Crippen LogP contribution in [0.15, 0.2) is 12.1 Å². The molecule has 8 heteroatoms. The Morgan fingerprint density at radius 2 is 2.10 bits per heavy atom. The molecule has 4 nitrogen and oxygen atoms in total. The number of carbonyl (C=O) groups excluding carboxylic acids is 1. The lowest BCUT2D eigenvalue weighted by Gasteiger charge is -2.04. The van der Waals surface area contributed by atoms with Crippen LogP contribution in [0.1, 0.15) is 16.6 Å². The van der Waals surface area contributed by atoms with Crippen molar-refractivity contribution in [2.45, 2.75) is 6.92 Å². The van der Waals surface area contributed by atoms with Crippen LogP contribution in [0.2, 0.25) is 5.15 Å². The number of nitrogens with zero attached hydrogens (tertiary/aromatic N) is 1. The molecule has 0 spiro atoms. The Labute approximate surface area is 128 Å². The number of thiazole rings is 1. The van der Waals surface area contributed by atoms with E-state index in [1.54, 1.807) is 6.92 Å². The predicted molar refractivity (Wildman–Crippen MR) is 75.0 cm³/mol. The summed E-state index contributed by atoms with van der Waals surface area (Å²) in [4.78, 5) is 15.6. The van der Waals surface area contributed by atoms with E-state index in [0.717, 1.165) is 23.5 Å². The summed E-state index contributed by atoms with van der Waals surface area (Å²) in [5.74, 6) is -2.34. The van der Waals surface area contributed by atoms with Crippen molar-refractivity contribution in [2.24, 2.45) is 0 Å². The molecule has 2 aromatic rings. The summed E-state index contributed by atoms with van der Waals surface area (Å²) in [6, 6.07) is 1.85. The number of hydrogen-bond acceptors (Lipinski definition) is 5. The monoisotopic (exact) mass is 333 g/mol. The zero-order valence-electron chi connectivity index (χ0n) is 11.1. The van der Waals surface area contributed by atoms with Gasteiger partial charge in [-0.05, 0) is 13.0 Å². The molecule has 1 aromatic heterocycles. The average molecular weight is 334 g/mol. The summed E-state index contributed by atoms with van der Waals surface area (Å²) in [6.45, 7) is 1.82. The van der Waals surface area contributed by atoms with Crippen LogP contribution in [-0.2, 0) is 4.74 Å². The molecule has 0 unspecified atom stereocenters. The Morgan fingerprint density at radius 1 is 1.38 bits per heavy atom. The first kappa shape index (κ1) is 15.7. The van der Waals surface area contributed by atoms with E-state index in [-0.39, 0.29) is 33.0 Å². The van der Waals surface area contributed by atoms with Gasteiger partial charge in [-0.3, -0.25) is 0 Å². The van der Waals surface area contributed by atoms with Gasteiger partial charge in [-0.15, -0.1) is 11.3 Å². The van der Waals surface area contributed by atoms with Gasteiger partial charge in [0, 0.05) is 11.6 Å². The van der Waals surface area contributed by atoms with Crippen LogP contribution < -0.4 is 4.74 Å². The highest BCUT2D eigenvalue weighted by atomic mass is 35.5. The Morgan fingerprint density at radius 3 is 2.71 bits per heavy atom. The van der Waals surface area contributed by atoms with E-state index in [1.807, 2.05) is 0 Å². The van der Waals surface area contributed by atoms with Crippen LogP contribution in [0.25, 0.3) is 10.6 Å². The number of ether oxygens (including phenoxy) is 2. The van der Waals surface area contributed by atoms with Crippen LogP contribution in [-0.4, -0.2) is 24.7 Å². The molecule has 0 aliphatic rings. The molecule has 0 amide bonds. The molecular formula is C13H10ClF2NO3S. The second-order valence-corrected chi connectivity index (χ2v) is 5.18. The lowest BCUT2D eigenvalue weighted by Crippen LogP contribution is -2.02. The third-order valence-electron chi connectivity index (χ3n) is 2.52. The van der Waals surface area contributed by atoms with Gasteiger partial charge in [0.1, 0.15) is 10.8 Å². The predicted octanol–water partition coefficient (Wildman–Crippen LogP) is 3.93. The summed E-state index contributed by atoms with van der Waals surface area (Å²) in [7, 11) is 1.23. The Balaban J connectivity index is 2.46. The minimum atomic E-state index is -0.738. The summed E-state index contributed by atoms with van der Waals surface area (Å²) < 4.78 is 37.1. The highest BCUT2D eigenvalue weighted by molar-refractivity contribution is 7.17. The highest BCUT2D eigenvalue weighted by Gasteiger charge is 2.21. The van der Waals surface area contributed by atoms with Crippen molar-refractivity contribution in [2.75, 3.05) is 13.7 Å². The molecule has 1 heterocycles. The number of methoxy groups -OCH3 is 1. The minimum Gasteiger partial charge on any atom is -0.494 e. The third kappa shape index (κ3) is 3.14. The molecular weight excluding hydrogens is 324 g/mol. The van der Waals surface area contributed by atoms with Crippen LogP contribution in [0.3, 0.4) is 0 Å². The van der Waals surface area contributed by atoms with E-state index in [0.29, 0.717) is 0 Å². The lowest BCUT2D eigenvalue weighted by molar-refractivity contribution is 0.0532. The number of aromatic nitrogens is 1. The zero-order chi connectivity index (χ0) is 15.6. The molecule has 112 valence electrons. The Kier molecular flexibility index (Phi) is 4.74. The second kappa shape index (κ2) is 6.36. The van der Waals surface area contributed by atoms with Gasteiger partial charge in [0.15, 0.2) is 21.6 Å². The van der Waals surface area contributed by atoms with Gasteiger partial charge < -0.3 is 9.47 Å². The van der Waals surface area contributed by atoms with Crippen molar-refractivity contribution in [3.63, 3.8) is 0 Å². The summed E-state index contributed by atoms with van der Waals surface area (Å²) >= 11 is 6.67. The number of carbonyl (C=O) groups is 1. The second-order valence-electron chi connectivity index (χ2n) is 3.83. The van der Waals surface area contributed by atoms with Crippen molar-refractivity contribution in [1.29, 1.82) is 0 Å². The fourth-order valence-electron chi connectivity index (χ4n) is 1.59. The summed E-state index contributed by atoms with van der Waals surface area (Å²) in [5, 5.41) is -0.0221. The molecule has 2 rings (SSSR count). The maximum absolute atomic E-state index is 14.0. The van der Waals surface area contributed by atoms with E-state index in [9.17, 15) is 13.6 Å². The van der Waals surface area contributed by atoms with Crippen LogP contribution >= 0.6 is 22.9 Å². The highest BCUT2D eigenvalue weighted by Crippen LogP contribution is 2.35. The largest absolute Gasteiger partial charge is 0.494 e. The van der Waals surface area contributed by atoms with Crippen LogP contribution in [0.4, 0.5) is 8.78 Å². The summed E-state index contributed by atoms with van der Waals surface area (Å²) in [5.41, 5.74) is -0.101. The average Bonchev–Trinajstić information content (AvgIpc) is 2.83. The first-order valence-corrected chi connectivity index (χ1v) is 7.04. The fraction of sp³-hybridized carbons (Fsp3) is 0.231. The first-order chi connectivity index (χ1) is 9.97. The van der Waals surface area contributed by atoms with Crippen LogP contribution in [0, 0.1) is 11.6 Å². The number of hydrogen-bond donors (Lipinski definition) is 0. The molecule has 0 bridgehead atoms. The molecule has 0 saturated heterocycles. The fourth-order valence-corrected chi connectivity index (χ4v) is 2.78. The number of benzene rings is 1. The first-order valence-electron chi connectivity index (χ1n) is 5.84. The quantitative estimate of drug-likeness (QED) is 0.795. The van der Waals surface area contributed by atoms with E-state index in [2.05, 4.69) is 9.72 Å². The third-order valence-corrected chi connectivity index (χ3v) is 3.97. The van der Waals surface area contributed by atoms with Crippen molar-refractivity contribution in [1.82, 2.24) is 4.98 Å². The van der Waals surface area contributed by atoms with E-state index < -0.39 is 17.6 Å². The lowest BCUT2D eigenvalue weighted by atomic mass is 10.2. The molecule has 0 N–H and O–H groups in total. The topological polar surface area (TPSA) is 48.4 Å². The normalized spacial score (nSPS) is 10.5. The van der Waals surface area contributed by atoms with Crippen molar-refractivity contribution < 1.29 is 23.0 Å². The smallest absolute Gasteiger partial charge is 0.351 e. The summed E-state index contributed by atoms with van der Waals surface area (Å²) in [6.07, 6.45) is 0. The minimum absolute atomic E-state index is 0.0455. The number of esters is 1. The maximum Gasteiger partial charge on any atom is 0.351 e. The van der Waals surface area contributed by atoms with E-state index >= 15 is 0 Å². The van der Waals surface area contributed by atoms with Gasteiger partial charge in [0.25, 0.3) is 0 Å². The van der Waals surface area contributed by atoms with Gasteiger partial charge in [-0.1, -0.05) is 11.6 Å². The van der Waals surface area contributed by atoms with Gasteiger partial charge >= 0.3 is 5.97 Å². The van der Waals surface area contributed by atoms with Gasteiger partial charge in [0.2, 0.25) is 0 Å². The Bertz CT molecular complexity index is 690. The molecule has 0 aliphatic carbocycles. The van der Waals surface area contributed by atoms with Gasteiger partial charge in [0.05, 0.1) is 13.7 Å².